The molecule has 8 heteroatoms. The van der Waals surface area contributed by atoms with E-state index in [4.69, 9.17) is 16.3 Å². The van der Waals surface area contributed by atoms with Gasteiger partial charge in [0.15, 0.2) is 0 Å². The molecule has 3 aromatic carbocycles. The first-order chi connectivity index (χ1) is 14.8. The van der Waals surface area contributed by atoms with Crippen LogP contribution >= 0.6 is 11.6 Å². The highest BCUT2D eigenvalue weighted by molar-refractivity contribution is 7.92. The molecule has 2 N–H and O–H groups in total. The number of rotatable bonds is 8. The van der Waals surface area contributed by atoms with Crippen LogP contribution in [0, 0.1) is 0 Å². The summed E-state index contributed by atoms with van der Waals surface area (Å²) in [5.41, 5.74) is 1.48. The molecule has 0 aromatic heterocycles. The lowest BCUT2D eigenvalue weighted by molar-refractivity contribution is 0.0935. The molecule has 1 atom stereocenters. The maximum atomic E-state index is 12.8. The molecule has 162 valence electrons. The molecule has 0 aliphatic rings. The summed E-state index contributed by atoms with van der Waals surface area (Å²) in [5, 5.41) is 3.12. The Balaban J connectivity index is 1.74. The van der Waals surface area contributed by atoms with Crippen molar-refractivity contribution >= 4 is 33.2 Å². The van der Waals surface area contributed by atoms with Gasteiger partial charge in [0.25, 0.3) is 15.9 Å². The molecule has 0 saturated carbocycles. The third-order valence-corrected chi connectivity index (χ3v) is 6.46. The second kappa shape index (κ2) is 9.85. The van der Waals surface area contributed by atoms with Crippen LogP contribution in [-0.4, -0.2) is 21.4 Å². The molecule has 3 aromatic rings. The van der Waals surface area contributed by atoms with E-state index in [-0.39, 0.29) is 33.1 Å². The van der Waals surface area contributed by atoms with Crippen molar-refractivity contribution in [1.29, 1.82) is 0 Å². The van der Waals surface area contributed by atoms with Crippen LogP contribution in [-0.2, 0) is 10.0 Å². The molecule has 3 rings (SSSR count). The van der Waals surface area contributed by atoms with Crippen LogP contribution in [0.1, 0.15) is 35.3 Å². The first kappa shape index (κ1) is 22.7. The van der Waals surface area contributed by atoms with Crippen molar-refractivity contribution in [2.75, 3.05) is 11.8 Å². The third kappa shape index (κ3) is 5.57. The Kier molecular flexibility index (Phi) is 7.20. The molecular weight excluding hydrogens is 436 g/mol. The molecule has 0 aliphatic heterocycles. The van der Waals surface area contributed by atoms with Crippen molar-refractivity contribution in [3.63, 3.8) is 0 Å². The standard InChI is InChI=1S/C23H23ClN2O4S/c1-3-22(16-9-12-18(30-2)13-10-16)25-23(27)20-14-11-17(15-21(20)24)26-31(28,29)19-7-5-4-6-8-19/h4-15,22,26H,3H2,1-2H3,(H,25,27)/t22-/m0/s1. The van der Waals surface area contributed by atoms with Gasteiger partial charge in [-0.2, -0.15) is 0 Å². The molecule has 6 nitrogen and oxygen atoms in total. The number of ether oxygens (including phenoxy) is 1. The number of hydrogen-bond donors (Lipinski definition) is 2. The zero-order chi connectivity index (χ0) is 22.4. The second-order valence-electron chi connectivity index (χ2n) is 6.82. The maximum absolute atomic E-state index is 12.8. The highest BCUT2D eigenvalue weighted by Crippen LogP contribution is 2.25. The van der Waals surface area contributed by atoms with Gasteiger partial charge in [0, 0.05) is 0 Å². The fraction of sp³-hybridized carbons (Fsp3) is 0.174. The average Bonchev–Trinajstić information content (AvgIpc) is 2.78. The van der Waals surface area contributed by atoms with E-state index in [2.05, 4.69) is 10.0 Å². The van der Waals surface area contributed by atoms with Crippen LogP contribution in [0.15, 0.2) is 77.7 Å². The molecular formula is C23H23ClN2O4S. The fourth-order valence-corrected chi connectivity index (χ4v) is 4.41. The lowest BCUT2D eigenvalue weighted by atomic mass is 10.0. The average molecular weight is 459 g/mol. The van der Waals surface area contributed by atoms with Gasteiger partial charge in [0.05, 0.1) is 34.3 Å². The lowest BCUT2D eigenvalue weighted by Crippen LogP contribution is -2.28. The predicted molar refractivity (Wildman–Crippen MR) is 122 cm³/mol. The topological polar surface area (TPSA) is 84.5 Å². The van der Waals surface area contributed by atoms with Crippen molar-refractivity contribution in [1.82, 2.24) is 5.32 Å². The fourth-order valence-electron chi connectivity index (χ4n) is 3.07. The SMILES string of the molecule is CC[C@H](NC(=O)c1ccc(NS(=O)(=O)c2ccccc2)cc1Cl)c1ccc(OC)cc1. The van der Waals surface area contributed by atoms with E-state index < -0.39 is 10.0 Å². The molecule has 0 fully saturated rings. The first-order valence-corrected chi connectivity index (χ1v) is 11.5. The van der Waals surface area contributed by atoms with Crippen LogP contribution in [0.4, 0.5) is 5.69 Å². The van der Waals surface area contributed by atoms with Crippen LogP contribution in [0.25, 0.3) is 0 Å². The monoisotopic (exact) mass is 458 g/mol. The summed E-state index contributed by atoms with van der Waals surface area (Å²) in [6.07, 6.45) is 0.685. The van der Waals surface area contributed by atoms with E-state index in [1.165, 1.54) is 30.3 Å². The number of nitrogens with one attached hydrogen (secondary N) is 2. The summed E-state index contributed by atoms with van der Waals surface area (Å²) in [6.45, 7) is 1.97. The van der Waals surface area contributed by atoms with Crippen molar-refractivity contribution in [3.05, 3.63) is 88.9 Å². The van der Waals surface area contributed by atoms with Gasteiger partial charge in [-0.3, -0.25) is 9.52 Å². The van der Waals surface area contributed by atoms with Gasteiger partial charge < -0.3 is 10.1 Å². The molecule has 0 spiro atoms. The molecule has 0 radical (unpaired) electrons. The molecule has 31 heavy (non-hydrogen) atoms. The second-order valence-corrected chi connectivity index (χ2v) is 8.91. The van der Waals surface area contributed by atoms with Crippen molar-refractivity contribution in [2.45, 2.75) is 24.3 Å². The summed E-state index contributed by atoms with van der Waals surface area (Å²) >= 11 is 6.30. The third-order valence-electron chi connectivity index (χ3n) is 4.75. The van der Waals surface area contributed by atoms with Gasteiger partial charge in [0.1, 0.15) is 5.75 Å². The van der Waals surface area contributed by atoms with Crippen molar-refractivity contribution in [3.8, 4) is 5.75 Å². The number of benzene rings is 3. The van der Waals surface area contributed by atoms with Gasteiger partial charge in [0.2, 0.25) is 0 Å². The highest BCUT2D eigenvalue weighted by Gasteiger charge is 2.18. The summed E-state index contributed by atoms with van der Waals surface area (Å²) in [5.74, 6) is 0.395. The number of sulfonamides is 1. The molecule has 0 bridgehead atoms. The van der Waals surface area contributed by atoms with E-state index in [1.807, 2.05) is 31.2 Å². The van der Waals surface area contributed by atoms with Gasteiger partial charge in [-0.15, -0.1) is 0 Å². The van der Waals surface area contributed by atoms with E-state index in [9.17, 15) is 13.2 Å². The molecule has 0 saturated heterocycles. The number of carbonyl (C=O) groups is 1. The minimum Gasteiger partial charge on any atom is -0.497 e. The Morgan fingerprint density at radius 3 is 2.29 bits per heavy atom. The van der Waals surface area contributed by atoms with Crippen LogP contribution in [0.5, 0.6) is 5.75 Å². The Hall–Kier alpha value is -3.03. The number of methoxy groups -OCH3 is 1. The summed E-state index contributed by atoms with van der Waals surface area (Å²) in [7, 11) is -2.15. The number of anilines is 1. The Morgan fingerprint density at radius 2 is 1.71 bits per heavy atom. The molecule has 0 aliphatic carbocycles. The zero-order valence-corrected chi connectivity index (χ0v) is 18.7. The van der Waals surface area contributed by atoms with Crippen molar-refractivity contribution in [2.24, 2.45) is 0 Å². The van der Waals surface area contributed by atoms with Crippen molar-refractivity contribution < 1.29 is 17.9 Å². The van der Waals surface area contributed by atoms with Gasteiger partial charge >= 0.3 is 0 Å². The van der Waals surface area contributed by atoms with Gasteiger partial charge in [-0.25, -0.2) is 8.42 Å². The van der Waals surface area contributed by atoms with Gasteiger partial charge in [-0.05, 0) is 54.4 Å². The predicted octanol–water partition coefficient (Wildman–Crippen LogP) is 5.03. The van der Waals surface area contributed by atoms with E-state index in [0.29, 0.717) is 6.42 Å². The molecule has 0 unspecified atom stereocenters. The van der Waals surface area contributed by atoms with Crippen LogP contribution in [0.3, 0.4) is 0 Å². The lowest BCUT2D eigenvalue weighted by Gasteiger charge is -2.18. The van der Waals surface area contributed by atoms with Crippen LogP contribution in [0.2, 0.25) is 5.02 Å². The molecule has 0 heterocycles. The Morgan fingerprint density at radius 1 is 1.03 bits per heavy atom. The van der Waals surface area contributed by atoms with Gasteiger partial charge in [-0.1, -0.05) is 48.9 Å². The quantitative estimate of drug-likeness (QED) is 0.495. The smallest absolute Gasteiger partial charge is 0.261 e. The molecule has 1 amide bonds. The van der Waals surface area contributed by atoms with E-state index >= 15 is 0 Å². The largest absolute Gasteiger partial charge is 0.497 e. The van der Waals surface area contributed by atoms with Crippen LogP contribution < -0.4 is 14.8 Å². The number of carbonyl (C=O) groups excluding carboxylic acids is 1. The minimum atomic E-state index is -3.75. The Labute approximate surface area is 187 Å². The normalized spacial score (nSPS) is 12.1. The van der Waals surface area contributed by atoms with E-state index in [0.717, 1.165) is 11.3 Å². The summed E-state index contributed by atoms with van der Waals surface area (Å²) in [6, 6.07) is 19.7. The summed E-state index contributed by atoms with van der Waals surface area (Å²) < 4.78 is 32.6. The maximum Gasteiger partial charge on any atom is 0.261 e. The zero-order valence-electron chi connectivity index (χ0n) is 17.1. The number of amides is 1. The first-order valence-electron chi connectivity index (χ1n) is 9.66. The Bertz CT molecular complexity index is 1150. The number of hydrogen-bond acceptors (Lipinski definition) is 4. The number of halogens is 1. The summed E-state index contributed by atoms with van der Waals surface area (Å²) in [4.78, 5) is 12.9. The highest BCUT2D eigenvalue weighted by atomic mass is 35.5. The van der Waals surface area contributed by atoms with E-state index in [1.54, 1.807) is 25.3 Å². The minimum absolute atomic E-state index is 0.137.